The van der Waals surface area contributed by atoms with Crippen LogP contribution in [0.25, 0.3) is 0 Å². The van der Waals surface area contributed by atoms with Gasteiger partial charge in [0.2, 0.25) is 0 Å². The Kier molecular flexibility index (Phi) is 3.76. The van der Waals surface area contributed by atoms with Gasteiger partial charge in [0, 0.05) is 5.56 Å². The molecule has 1 aromatic carbocycles. The van der Waals surface area contributed by atoms with E-state index >= 15 is 0 Å². The van der Waals surface area contributed by atoms with Crippen molar-refractivity contribution in [2.24, 2.45) is 0 Å². The van der Waals surface area contributed by atoms with Gasteiger partial charge in [-0.2, -0.15) is 0 Å². The van der Waals surface area contributed by atoms with Gasteiger partial charge in [0.05, 0.1) is 4.58 Å². The van der Waals surface area contributed by atoms with Crippen molar-refractivity contribution in [2.75, 3.05) is 11.5 Å². The Labute approximate surface area is 99.0 Å². The van der Waals surface area contributed by atoms with Gasteiger partial charge in [-0.05, 0) is 30.4 Å². The summed E-state index contributed by atoms with van der Waals surface area (Å²) in [4.78, 5) is 11.1. The van der Waals surface area contributed by atoms with Gasteiger partial charge in [-0.3, -0.25) is 4.79 Å². The third-order valence-electron chi connectivity index (χ3n) is 2.42. The number of benzene rings is 1. The Balaban J connectivity index is 2.11. The molecule has 1 aliphatic heterocycles. The second-order valence-electron chi connectivity index (χ2n) is 3.61. The van der Waals surface area contributed by atoms with Crippen LogP contribution in [-0.4, -0.2) is 17.3 Å². The standard InChI is InChI=1S/C12H14OS2/c1-9(13)10-3-5-11(6-4-10)12-14-7-2-8-15-12/h3-6,12H,2,7-8H2,1H3. The molecule has 3 heteroatoms. The van der Waals surface area contributed by atoms with E-state index in [0.29, 0.717) is 4.58 Å². The summed E-state index contributed by atoms with van der Waals surface area (Å²) >= 11 is 4.02. The molecule has 0 amide bonds. The number of hydrogen-bond acceptors (Lipinski definition) is 3. The summed E-state index contributed by atoms with van der Waals surface area (Å²) < 4.78 is 0.569. The van der Waals surface area contributed by atoms with E-state index in [0.717, 1.165) is 5.56 Å². The fraction of sp³-hybridized carbons (Fsp3) is 0.417. The minimum absolute atomic E-state index is 0.144. The maximum Gasteiger partial charge on any atom is 0.159 e. The van der Waals surface area contributed by atoms with Gasteiger partial charge in [0.25, 0.3) is 0 Å². The van der Waals surface area contributed by atoms with E-state index in [-0.39, 0.29) is 5.78 Å². The average molecular weight is 238 g/mol. The topological polar surface area (TPSA) is 17.1 Å². The van der Waals surface area contributed by atoms with Crippen molar-refractivity contribution in [3.05, 3.63) is 35.4 Å². The minimum atomic E-state index is 0.144. The lowest BCUT2D eigenvalue weighted by atomic mass is 10.1. The molecule has 2 rings (SSSR count). The first kappa shape index (κ1) is 11.1. The van der Waals surface area contributed by atoms with Crippen LogP contribution in [0.15, 0.2) is 24.3 Å². The molecule has 0 atom stereocenters. The predicted octanol–water partition coefficient (Wildman–Crippen LogP) is 3.76. The highest BCUT2D eigenvalue weighted by molar-refractivity contribution is 8.16. The second kappa shape index (κ2) is 5.08. The molecule has 1 aliphatic rings. The number of thioether (sulfide) groups is 2. The summed E-state index contributed by atoms with van der Waals surface area (Å²) in [7, 11) is 0. The number of Topliss-reactive ketones (excluding diaryl/α,β-unsaturated/α-hetero) is 1. The van der Waals surface area contributed by atoms with Crippen LogP contribution in [0.4, 0.5) is 0 Å². The summed E-state index contributed by atoms with van der Waals surface area (Å²) in [5.74, 6) is 2.66. The van der Waals surface area contributed by atoms with Gasteiger partial charge in [0.15, 0.2) is 5.78 Å². The first-order valence-corrected chi connectivity index (χ1v) is 7.21. The molecule has 1 saturated heterocycles. The minimum Gasteiger partial charge on any atom is -0.295 e. The summed E-state index contributed by atoms with van der Waals surface area (Å²) in [6.07, 6.45) is 1.32. The van der Waals surface area contributed by atoms with Crippen molar-refractivity contribution < 1.29 is 4.79 Å². The lowest BCUT2D eigenvalue weighted by molar-refractivity contribution is 0.101. The van der Waals surface area contributed by atoms with E-state index in [4.69, 9.17) is 0 Å². The lowest BCUT2D eigenvalue weighted by Crippen LogP contribution is -2.00. The van der Waals surface area contributed by atoms with Crippen molar-refractivity contribution in [1.82, 2.24) is 0 Å². The maximum atomic E-state index is 11.1. The van der Waals surface area contributed by atoms with Crippen LogP contribution in [-0.2, 0) is 0 Å². The first-order valence-electron chi connectivity index (χ1n) is 5.11. The van der Waals surface area contributed by atoms with E-state index in [1.165, 1.54) is 23.5 Å². The van der Waals surface area contributed by atoms with Crippen LogP contribution in [0.5, 0.6) is 0 Å². The molecule has 0 radical (unpaired) electrons. The highest BCUT2D eigenvalue weighted by Crippen LogP contribution is 2.43. The number of hydrogen-bond donors (Lipinski definition) is 0. The van der Waals surface area contributed by atoms with Gasteiger partial charge in [-0.1, -0.05) is 24.3 Å². The Bertz CT molecular complexity index is 339. The summed E-state index contributed by atoms with van der Waals surface area (Å²) in [6.45, 7) is 1.61. The number of ketones is 1. The zero-order chi connectivity index (χ0) is 10.7. The number of carbonyl (C=O) groups excluding carboxylic acids is 1. The molecule has 1 heterocycles. The zero-order valence-electron chi connectivity index (χ0n) is 8.73. The molecular weight excluding hydrogens is 224 g/mol. The number of rotatable bonds is 2. The van der Waals surface area contributed by atoms with Crippen molar-refractivity contribution in [2.45, 2.75) is 17.9 Å². The largest absolute Gasteiger partial charge is 0.295 e. The van der Waals surface area contributed by atoms with Crippen LogP contribution in [0, 0.1) is 0 Å². The van der Waals surface area contributed by atoms with Crippen LogP contribution >= 0.6 is 23.5 Å². The molecule has 1 aromatic rings. The molecule has 0 bridgehead atoms. The Morgan fingerprint density at radius 3 is 2.33 bits per heavy atom. The normalized spacial score (nSPS) is 17.7. The highest BCUT2D eigenvalue weighted by Gasteiger charge is 2.16. The predicted molar refractivity (Wildman–Crippen MR) is 68.7 cm³/mol. The van der Waals surface area contributed by atoms with Gasteiger partial charge in [-0.15, -0.1) is 23.5 Å². The van der Waals surface area contributed by atoms with E-state index in [2.05, 4.69) is 12.1 Å². The van der Waals surface area contributed by atoms with E-state index in [9.17, 15) is 4.79 Å². The molecule has 15 heavy (non-hydrogen) atoms. The van der Waals surface area contributed by atoms with Gasteiger partial charge in [0.1, 0.15) is 0 Å². The van der Waals surface area contributed by atoms with Crippen LogP contribution in [0.1, 0.15) is 33.8 Å². The van der Waals surface area contributed by atoms with Crippen LogP contribution < -0.4 is 0 Å². The van der Waals surface area contributed by atoms with Crippen LogP contribution in [0.2, 0.25) is 0 Å². The molecular formula is C12H14OS2. The Morgan fingerprint density at radius 1 is 1.20 bits per heavy atom. The fourth-order valence-corrected chi connectivity index (χ4v) is 4.45. The van der Waals surface area contributed by atoms with E-state index in [1.54, 1.807) is 6.92 Å². The van der Waals surface area contributed by atoms with Crippen molar-refractivity contribution >= 4 is 29.3 Å². The molecule has 0 aliphatic carbocycles. The molecule has 0 N–H and O–H groups in total. The first-order chi connectivity index (χ1) is 7.27. The van der Waals surface area contributed by atoms with Crippen molar-refractivity contribution in [1.29, 1.82) is 0 Å². The Morgan fingerprint density at radius 2 is 1.80 bits per heavy atom. The molecule has 0 spiro atoms. The highest BCUT2D eigenvalue weighted by atomic mass is 32.2. The molecule has 80 valence electrons. The number of carbonyl (C=O) groups is 1. The summed E-state index contributed by atoms with van der Waals surface area (Å²) in [5, 5.41) is 0. The van der Waals surface area contributed by atoms with E-state index < -0.39 is 0 Å². The molecule has 0 unspecified atom stereocenters. The molecule has 0 saturated carbocycles. The quantitative estimate of drug-likeness (QED) is 0.730. The van der Waals surface area contributed by atoms with Gasteiger partial charge < -0.3 is 0 Å². The van der Waals surface area contributed by atoms with E-state index in [1.807, 2.05) is 35.7 Å². The maximum absolute atomic E-state index is 11.1. The molecule has 0 aromatic heterocycles. The van der Waals surface area contributed by atoms with Crippen LogP contribution in [0.3, 0.4) is 0 Å². The third kappa shape index (κ3) is 2.79. The summed E-state index contributed by atoms with van der Waals surface area (Å²) in [5.41, 5.74) is 2.15. The third-order valence-corrected chi connectivity index (χ3v) is 5.43. The van der Waals surface area contributed by atoms with Crippen molar-refractivity contribution in [3.8, 4) is 0 Å². The Hall–Kier alpha value is -0.410. The smallest absolute Gasteiger partial charge is 0.159 e. The second-order valence-corrected chi connectivity index (χ2v) is 6.33. The molecule has 1 nitrogen and oxygen atoms in total. The van der Waals surface area contributed by atoms with Gasteiger partial charge in [-0.25, -0.2) is 0 Å². The van der Waals surface area contributed by atoms with Gasteiger partial charge >= 0.3 is 0 Å². The monoisotopic (exact) mass is 238 g/mol. The van der Waals surface area contributed by atoms with Crippen molar-refractivity contribution in [3.63, 3.8) is 0 Å². The average Bonchev–Trinajstić information content (AvgIpc) is 2.30. The zero-order valence-corrected chi connectivity index (χ0v) is 10.4. The lowest BCUT2D eigenvalue weighted by Gasteiger charge is -2.21. The molecule has 1 fully saturated rings. The summed E-state index contributed by atoms with van der Waals surface area (Å²) in [6, 6.07) is 8.06. The fourth-order valence-electron chi connectivity index (χ4n) is 1.56. The SMILES string of the molecule is CC(=O)c1ccc(C2SCCCS2)cc1.